The molecule has 0 unspecified atom stereocenters. The number of anilines is 2. The molecule has 12 heteroatoms. The van der Waals surface area contributed by atoms with Crippen LogP contribution in [0.5, 0.6) is 17.2 Å². The Kier molecular flexibility index (Phi) is 8.80. The monoisotopic (exact) mass is 686 g/mol. The van der Waals surface area contributed by atoms with Crippen LogP contribution in [-0.4, -0.2) is 78.7 Å². The van der Waals surface area contributed by atoms with Gasteiger partial charge in [0.1, 0.15) is 22.9 Å². The lowest BCUT2D eigenvalue weighted by molar-refractivity contribution is -0.111. The minimum Gasteiger partial charge on any atom is -0.496 e. The zero-order chi connectivity index (χ0) is 33.5. The lowest BCUT2D eigenvalue weighted by Gasteiger charge is -2.37. The van der Waals surface area contributed by atoms with Gasteiger partial charge in [-0.1, -0.05) is 29.3 Å². The van der Waals surface area contributed by atoms with E-state index in [4.69, 9.17) is 42.4 Å². The first-order valence-corrected chi connectivity index (χ1v) is 16.6. The van der Waals surface area contributed by atoms with Crippen LogP contribution in [0.3, 0.4) is 0 Å². The number of imidazole rings is 1. The Hall–Kier alpha value is -4.51. The Morgan fingerprint density at radius 3 is 2.25 bits per heavy atom. The normalized spacial score (nSPS) is 15.4. The van der Waals surface area contributed by atoms with E-state index in [1.54, 1.807) is 45.9 Å². The van der Waals surface area contributed by atoms with E-state index in [1.165, 1.54) is 18.9 Å². The van der Waals surface area contributed by atoms with E-state index in [1.807, 2.05) is 41.8 Å². The van der Waals surface area contributed by atoms with E-state index in [0.717, 1.165) is 54.4 Å². The second-order valence-electron chi connectivity index (χ2n) is 11.9. The molecule has 4 heterocycles. The van der Waals surface area contributed by atoms with Gasteiger partial charge in [0.05, 0.1) is 54.0 Å². The highest BCUT2D eigenvalue weighted by molar-refractivity contribution is 6.41. The Morgan fingerprint density at radius 1 is 0.896 bits per heavy atom. The van der Waals surface area contributed by atoms with Gasteiger partial charge in [-0.25, -0.2) is 4.98 Å². The molecule has 248 valence electrons. The summed E-state index contributed by atoms with van der Waals surface area (Å²) in [6.45, 7) is 5.54. The van der Waals surface area contributed by atoms with Crippen LogP contribution in [0.25, 0.3) is 38.9 Å². The number of pyridine rings is 2. The van der Waals surface area contributed by atoms with E-state index in [9.17, 15) is 4.79 Å². The van der Waals surface area contributed by atoms with E-state index >= 15 is 0 Å². The molecule has 3 aromatic heterocycles. The number of hydrogen-bond acceptors (Lipinski definition) is 8. The van der Waals surface area contributed by atoms with Crippen LogP contribution in [0, 0.1) is 0 Å². The standard InChI is InChI=1S/C36H36Cl2N6O4/c1-5-6-32(45)41-26-16-23(29(46-2)18-28(26)43-13-11-42(12-14-43)22-7-8-22)25-17-27-21(20-40-25)15-24(36-39-9-10-44(27)36)33-34(37)30(47-3)19-31(48-4)35(33)38/h5-6,9-10,15-20,22H,7-8,11-14H2,1-4H3,(H,41,45)/b6-5+. The number of allylic oxidation sites excluding steroid dienone is 1. The first-order chi connectivity index (χ1) is 23.3. The van der Waals surface area contributed by atoms with Crippen LogP contribution in [0.1, 0.15) is 19.8 Å². The maximum Gasteiger partial charge on any atom is 0.248 e. The van der Waals surface area contributed by atoms with Gasteiger partial charge in [0.15, 0.2) is 0 Å². The van der Waals surface area contributed by atoms with Gasteiger partial charge in [0.2, 0.25) is 5.91 Å². The number of amides is 1. The number of fused-ring (bicyclic) bond motifs is 3. The highest BCUT2D eigenvalue weighted by atomic mass is 35.5. The molecule has 2 aromatic carbocycles. The highest BCUT2D eigenvalue weighted by Gasteiger charge is 2.32. The molecule has 7 rings (SSSR count). The number of benzene rings is 2. The van der Waals surface area contributed by atoms with Crippen molar-refractivity contribution < 1.29 is 19.0 Å². The largest absolute Gasteiger partial charge is 0.496 e. The zero-order valence-corrected chi connectivity index (χ0v) is 28.7. The number of halogens is 2. The minimum atomic E-state index is -0.197. The average molecular weight is 688 g/mol. The molecule has 2 aliphatic rings. The molecule has 48 heavy (non-hydrogen) atoms. The number of carbonyl (C=O) groups excluding carboxylic acids is 1. The fraction of sp³-hybridized carbons (Fsp3) is 0.306. The van der Waals surface area contributed by atoms with E-state index in [2.05, 4.69) is 20.1 Å². The SMILES string of the molecule is C/C=C/C(=O)Nc1cc(-c2cc3c(cn2)cc(-c2c(Cl)c(OC)cc(OC)c2Cl)c2nccn23)c(OC)cc1N1CCN(C2CC2)CC1. The summed E-state index contributed by atoms with van der Waals surface area (Å²) >= 11 is 13.7. The Labute approximate surface area is 288 Å². The fourth-order valence-corrected chi connectivity index (χ4v) is 7.24. The van der Waals surface area contributed by atoms with E-state index in [-0.39, 0.29) is 5.91 Å². The Balaban J connectivity index is 1.34. The van der Waals surface area contributed by atoms with Gasteiger partial charge in [-0.2, -0.15) is 0 Å². The molecule has 0 spiro atoms. The number of nitrogens with one attached hydrogen (secondary N) is 1. The number of ether oxygens (including phenoxy) is 3. The molecule has 1 amide bonds. The molecule has 1 saturated carbocycles. The maximum atomic E-state index is 12.9. The van der Waals surface area contributed by atoms with Crippen molar-refractivity contribution in [1.82, 2.24) is 19.3 Å². The second kappa shape index (κ2) is 13.2. The molecule has 2 fully saturated rings. The predicted octanol–water partition coefficient (Wildman–Crippen LogP) is 7.35. The third-order valence-electron chi connectivity index (χ3n) is 9.08. The summed E-state index contributed by atoms with van der Waals surface area (Å²) in [6.07, 6.45) is 11.2. The molecular formula is C36H36Cl2N6O4. The molecule has 0 radical (unpaired) electrons. The molecule has 1 saturated heterocycles. The minimum absolute atomic E-state index is 0.197. The summed E-state index contributed by atoms with van der Waals surface area (Å²) in [4.78, 5) is 27.3. The van der Waals surface area contributed by atoms with Crippen molar-refractivity contribution in [3.05, 3.63) is 71.1 Å². The fourth-order valence-electron chi connectivity index (χ4n) is 6.54. The number of aromatic nitrogens is 3. The topological polar surface area (TPSA) is 93.5 Å². The van der Waals surface area contributed by atoms with Crippen molar-refractivity contribution in [2.45, 2.75) is 25.8 Å². The molecule has 0 bridgehead atoms. The number of rotatable bonds is 9. The van der Waals surface area contributed by atoms with Crippen molar-refractivity contribution in [3.63, 3.8) is 0 Å². The summed E-state index contributed by atoms with van der Waals surface area (Å²) < 4.78 is 19.0. The molecule has 1 aliphatic carbocycles. The summed E-state index contributed by atoms with van der Waals surface area (Å²) in [5.41, 5.74) is 5.81. The Bertz CT molecular complexity index is 2040. The third kappa shape index (κ3) is 5.78. The van der Waals surface area contributed by atoms with E-state index in [0.29, 0.717) is 55.4 Å². The van der Waals surface area contributed by atoms with Gasteiger partial charge in [0, 0.05) is 85.0 Å². The second-order valence-corrected chi connectivity index (χ2v) is 12.7. The van der Waals surface area contributed by atoms with Crippen LogP contribution in [0.4, 0.5) is 11.4 Å². The van der Waals surface area contributed by atoms with Gasteiger partial charge in [0.25, 0.3) is 0 Å². The Morgan fingerprint density at radius 2 is 1.60 bits per heavy atom. The van der Waals surface area contributed by atoms with Crippen molar-refractivity contribution in [1.29, 1.82) is 0 Å². The first kappa shape index (κ1) is 32.1. The number of piperazine rings is 1. The quantitative estimate of drug-likeness (QED) is 0.161. The smallest absolute Gasteiger partial charge is 0.248 e. The van der Waals surface area contributed by atoms with Crippen molar-refractivity contribution in [2.75, 3.05) is 57.7 Å². The van der Waals surface area contributed by atoms with Crippen LogP contribution in [-0.2, 0) is 4.79 Å². The summed E-state index contributed by atoms with van der Waals surface area (Å²) in [5, 5.41) is 4.64. The van der Waals surface area contributed by atoms with Crippen molar-refractivity contribution >= 4 is 57.0 Å². The number of carbonyl (C=O) groups is 1. The van der Waals surface area contributed by atoms with Gasteiger partial charge >= 0.3 is 0 Å². The number of methoxy groups -OCH3 is 3. The van der Waals surface area contributed by atoms with Gasteiger partial charge in [-0.05, 0) is 44.0 Å². The van der Waals surface area contributed by atoms with Crippen LogP contribution in [0.2, 0.25) is 10.0 Å². The summed E-state index contributed by atoms with van der Waals surface area (Å²) in [5.74, 6) is 1.33. The lowest BCUT2D eigenvalue weighted by atomic mass is 10.0. The molecule has 1 N–H and O–H groups in total. The molecule has 10 nitrogen and oxygen atoms in total. The molecular weight excluding hydrogens is 651 g/mol. The molecule has 0 atom stereocenters. The molecule has 1 aliphatic heterocycles. The maximum absolute atomic E-state index is 12.9. The zero-order valence-electron chi connectivity index (χ0n) is 27.2. The van der Waals surface area contributed by atoms with Gasteiger partial charge in [-0.15, -0.1) is 0 Å². The third-order valence-corrected chi connectivity index (χ3v) is 9.83. The number of nitrogens with zero attached hydrogens (tertiary/aromatic N) is 5. The lowest BCUT2D eigenvalue weighted by Crippen LogP contribution is -2.47. The first-order valence-electron chi connectivity index (χ1n) is 15.9. The van der Waals surface area contributed by atoms with Crippen LogP contribution < -0.4 is 24.4 Å². The van der Waals surface area contributed by atoms with Crippen LogP contribution in [0.15, 0.2) is 61.1 Å². The van der Waals surface area contributed by atoms with Crippen molar-refractivity contribution in [3.8, 4) is 39.6 Å². The van der Waals surface area contributed by atoms with Crippen LogP contribution >= 0.6 is 23.2 Å². The predicted molar refractivity (Wildman–Crippen MR) is 191 cm³/mol. The van der Waals surface area contributed by atoms with Gasteiger partial charge in [-0.3, -0.25) is 19.1 Å². The van der Waals surface area contributed by atoms with Crippen molar-refractivity contribution in [2.24, 2.45) is 0 Å². The van der Waals surface area contributed by atoms with E-state index < -0.39 is 0 Å². The summed E-state index contributed by atoms with van der Waals surface area (Å²) in [7, 11) is 4.74. The highest BCUT2D eigenvalue weighted by Crippen LogP contribution is 2.48. The van der Waals surface area contributed by atoms with Gasteiger partial charge < -0.3 is 24.4 Å². The number of hydrogen-bond donors (Lipinski definition) is 1. The summed E-state index contributed by atoms with van der Waals surface area (Å²) in [6, 6.07) is 10.3. The molecule has 5 aromatic rings. The average Bonchev–Trinajstić information content (AvgIpc) is 3.83.